The van der Waals surface area contributed by atoms with Crippen molar-refractivity contribution in [1.82, 2.24) is 4.90 Å². The summed E-state index contributed by atoms with van der Waals surface area (Å²) < 4.78 is 15.2. The van der Waals surface area contributed by atoms with Gasteiger partial charge in [0.25, 0.3) is 0 Å². The fraction of sp³-hybridized carbons (Fsp3) is 0.500. The second-order valence-corrected chi connectivity index (χ2v) is 6.68. The van der Waals surface area contributed by atoms with E-state index in [0.717, 1.165) is 40.2 Å². The van der Waals surface area contributed by atoms with Crippen LogP contribution in [0.2, 0.25) is 0 Å². The number of thiophene rings is 1. The average molecular weight is 294 g/mol. The lowest BCUT2D eigenvalue weighted by Crippen LogP contribution is -2.27. The summed E-state index contributed by atoms with van der Waals surface area (Å²) in [5.74, 6) is 0.472. The lowest BCUT2D eigenvalue weighted by molar-refractivity contribution is 0.249. The Morgan fingerprint density at radius 2 is 2.10 bits per heavy atom. The molecule has 0 atom stereocenters. The van der Waals surface area contributed by atoms with E-state index in [1.54, 1.807) is 17.4 Å². The minimum absolute atomic E-state index is 0.131. The van der Waals surface area contributed by atoms with Crippen molar-refractivity contribution in [3.05, 3.63) is 34.5 Å². The molecule has 20 heavy (non-hydrogen) atoms. The SMILES string of the molecule is CCN(Cc1c(CN)sc2cccc(F)c12)CC(C)C. The highest BCUT2D eigenvalue weighted by Gasteiger charge is 2.17. The molecule has 0 saturated heterocycles. The second-order valence-electron chi connectivity index (χ2n) is 5.54. The molecule has 4 heteroatoms. The van der Waals surface area contributed by atoms with Crippen LogP contribution in [-0.2, 0) is 13.1 Å². The van der Waals surface area contributed by atoms with Crippen LogP contribution >= 0.6 is 11.3 Å². The maximum Gasteiger partial charge on any atom is 0.132 e. The third-order valence-corrected chi connectivity index (χ3v) is 4.70. The molecule has 0 aliphatic heterocycles. The summed E-state index contributed by atoms with van der Waals surface area (Å²) in [6, 6.07) is 5.28. The number of hydrogen-bond donors (Lipinski definition) is 1. The highest BCUT2D eigenvalue weighted by atomic mass is 32.1. The summed E-state index contributed by atoms with van der Waals surface area (Å²) in [4.78, 5) is 3.46. The summed E-state index contributed by atoms with van der Waals surface area (Å²) in [5.41, 5.74) is 6.93. The van der Waals surface area contributed by atoms with Gasteiger partial charge in [-0.2, -0.15) is 0 Å². The topological polar surface area (TPSA) is 29.3 Å². The van der Waals surface area contributed by atoms with Crippen molar-refractivity contribution in [1.29, 1.82) is 0 Å². The Kier molecular flexibility index (Phi) is 5.13. The number of benzene rings is 1. The first kappa shape index (κ1) is 15.4. The Balaban J connectivity index is 2.41. The molecule has 0 radical (unpaired) electrons. The van der Waals surface area contributed by atoms with Crippen molar-refractivity contribution < 1.29 is 4.39 Å². The molecule has 0 saturated carbocycles. The van der Waals surface area contributed by atoms with Crippen LogP contribution in [0.25, 0.3) is 10.1 Å². The number of rotatable bonds is 6. The highest BCUT2D eigenvalue weighted by molar-refractivity contribution is 7.19. The van der Waals surface area contributed by atoms with Crippen LogP contribution in [0.4, 0.5) is 4.39 Å². The maximum absolute atomic E-state index is 14.2. The third kappa shape index (κ3) is 3.19. The number of hydrogen-bond acceptors (Lipinski definition) is 3. The van der Waals surface area contributed by atoms with Crippen molar-refractivity contribution in [3.8, 4) is 0 Å². The molecule has 1 aromatic carbocycles. The molecule has 0 amide bonds. The second kappa shape index (κ2) is 6.66. The average Bonchev–Trinajstić information content (AvgIpc) is 2.76. The van der Waals surface area contributed by atoms with Gasteiger partial charge in [-0.05, 0) is 30.2 Å². The van der Waals surface area contributed by atoms with Gasteiger partial charge < -0.3 is 5.73 Å². The van der Waals surface area contributed by atoms with E-state index in [1.165, 1.54) is 6.07 Å². The van der Waals surface area contributed by atoms with Crippen molar-refractivity contribution >= 4 is 21.4 Å². The van der Waals surface area contributed by atoms with Crippen molar-refractivity contribution in [2.45, 2.75) is 33.9 Å². The number of nitrogens with zero attached hydrogens (tertiary/aromatic N) is 1. The van der Waals surface area contributed by atoms with Gasteiger partial charge >= 0.3 is 0 Å². The predicted molar refractivity (Wildman–Crippen MR) is 85.5 cm³/mol. The van der Waals surface area contributed by atoms with Gasteiger partial charge in [-0.3, -0.25) is 4.90 Å². The molecule has 2 N–H and O–H groups in total. The minimum atomic E-state index is -0.131. The molecule has 0 aliphatic carbocycles. The monoisotopic (exact) mass is 294 g/mol. The Hall–Kier alpha value is -0.970. The lowest BCUT2D eigenvalue weighted by Gasteiger charge is -2.23. The fourth-order valence-corrected chi connectivity index (χ4v) is 3.70. The predicted octanol–water partition coefficient (Wildman–Crippen LogP) is 3.98. The van der Waals surface area contributed by atoms with E-state index in [0.29, 0.717) is 12.5 Å². The zero-order chi connectivity index (χ0) is 14.7. The van der Waals surface area contributed by atoms with Crippen LogP contribution in [0.3, 0.4) is 0 Å². The van der Waals surface area contributed by atoms with E-state index in [4.69, 9.17) is 5.73 Å². The van der Waals surface area contributed by atoms with Crippen LogP contribution in [-0.4, -0.2) is 18.0 Å². The molecule has 0 bridgehead atoms. The molecule has 2 rings (SSSR count). The highest BCUT2D eigenvalue weighted by Crippen LogP contribution is 2.34. The molecular formula is C16H23FN2S. The van der Waals surface area contributed by atoms with E-state index < -0.39 is 0 Å². The van der Waals surface area contributed by atoms with Gasteiger partial charge in [-0.1, -0.05) is 26.8 Å². The molecule has 2 nitrogen and oxygen atoms in total. The van der Waals surface area contributed by atoms with Gasteiger partial charge in [-0.25, -0.2) is 4.39 Å². The van der Waals surface area contributed by atoms with Crippen LogP contribution < -0.4 is 5.73 Å². The first-order valence-electron chi connectivity index (χ1n) is 7.18. The smallest absolute Gasteiger partial charge is 0.132 e. The van der Waals surface area contributed by atoms with Gasteiger partial charge in [-0.15, -0.1) is 11.3 Å². The summed E-state index contributed by atoms with van der Waals surface area (Å²) in [5, 5.41) is 0.764. The van der Waals surface area contributed by atoms with Crippen molar-refractivity contribution in [3.63, 3.8) is 0 Å². The molecule has 0 aliphatic rings. The van der Waals surface area contributed by atoms with Crippen LogP contribution in [0.1, 0.15) is 31.2 Å². The van der Waals surface area contributed by atoms with Crippen molar-refractivity contribution in [2.24, 2.45) is 11.7 Å². The fourth-order valence-electron chi connectivity index (χ4n) is 2.59. The molecule has 0 spiro atoms. The summed E-state index contributed by atoms with van der Waals surface area (Å²) in [7, 11) is 0. The number of halogens is 1. The number of fused-ring (bicyclic) bond motifs is 1. The van der Waals surface area contributed by atoms with E-state index in [2.05, 4.69) is 25.7 Å². The van der Waals surface area contributed by atoms with Crippen molar-refractivity contribution in [2.75, 3.05) is 13.1 Å². The van der Waals surface area contributed by atoms with Crippen LogP contribution in [0.15, 0.2) is 18.2 Å². The van der Waals surface area contributed by atoms with Gasteiger partial charge in [0.1, 0.15) is 5.82 Å². The molecule has 1 heterocycles. The van der Waals surface area contributed by atoms with E-state index in [9.17, 15) is 4.39 Å². The van der Waals surface area contributed by atoms with Crippen LogP contribution in [0.5, 0.6) is 0 Å². The van der Waals surface area contributed by atoms with Gasteiger partial charge in [0, 0.05) is 34.6 Å². The Labute approximate surface area is 124 Å². The molecule has 2 aromatic rings. The third-order valence-electron chi connectivity index (χ3n) is 3.48. The standard InChI is InChI=1S/C16H23FN2S/c1-4-19(9-11(2)3)10-12-15(8-18)20-14-7-5-6-13(17)16(12)14/h5-7,11H,4,8-10,18H2,1-3H3. The number of nitrogens with two attached hydrogens (primary N) is 1. The first-order chi connectivity index (χ1) is 9.56. The van der Waals surface area contributed by atoms with Gasteiger partial charge in [0.15, 0.2) is 0 Å². The Morgan fingerprint density at radius 1 is 1.35 bits per heavy atom. The molecule has 0 fully saturated rings. The van der Waals surface area contributed by atoms with E-state index >= 15 is 0 Å². The quantitative estimate of drug-likeness (QED) is 0.873. The lowest BCUT2D eigenvalue weighted by atomic mass is 10.1. The zero-order valence-electron chi connectivity index (χ0n) is 12.4. The maximum atomic E-state index is 14.2. The summed E-state index contributed by atoms with van der Waals surface area (Å²) in [6.45, 7) is 9.81. The van der Waals surface area contributed by atoms with Gasteiger partial charge in [0.05, 0.1) is 0 Å². The minimum Gasteiger partial charge on any atom is -0.326 e. The van der Waals surface area contributed by atoms with Gasteiger partial charge in [0.2, 0.25) is 0 Å². The Bertz CT molecular complexity index is 577. The zero-order valence-corrected chi connectivity index (χ0v) is 13.3. The molecular weight excluding hydrogens is 271 g/mol. The largest absolute Gasteiger partial charge is 0.326 e. The van der Waals surface area contributed by atoms with E-state index in [-0.39, 0.29) is 5.82 Å². The molecule has 0 unspecified atom stereocenters. The molecule has 110 valence electrons. The summed E-state index contributed by atoms with van der Waals surface area (Å²) in [6.07, 6.45) is 0. The first-order valence-corrected chi connectivity index (χ1v) is 7.99. The van der Waals surface area contributed by atoms with E-state index in [1.807, 2.05) is 6.07 Å². The normalized spacial score (nSPS) is 11.9. The van der Waals surface area contributed by atoms with Crippen LogP contribution in [0, 0.1) is 11.7 Å². The molecule has 1 aromatic heterocycles. The Morgan fingerprint density at radius 3 is 2.70 bits per heavy atom. The summed E-state index contributed by atoms with van der Waals surface area (Å²) >= 11 is 1.62.